The summed E-state index contributed by atoms with van der Waals surface area (Å²) < 4.78 is 38.6. The minimum Gasteiger partial charge on any atom is -0.469 e. The standard InChI is InChI=1S/C19H32O4S/c1-5-7-9-12-16-14-11-15-17(13-10-8-6-2)18(16)23-19(3,4)24(20,21)22/h11,14-15H,5-10,12-13H2,1-4H3,(H,20,21,22). The molecule has 4 nitrogen and oxygen atoms in total. The highest BCUT2D eigenvalue weighted by molar-refractivity contribution is 7.87. The molecular weight excluding hydrogens is 324 g/mol. The molecule has 0 fully saturated rings. The number of ether oxygens (including phenoxy) is 1. The lowest BCUT2D eigenvalue weighted by atomic mass is 9.99. The number of unbranched alkanes of at least 4 members (excludes halogenated alkanes) is 4. The van der Waals surface area contributed by atoms with E-state index in [1.165, 1.54) is 13.8 Å². The van der Waals surface area contributed by atoms with Crippen molar-refractivity contribution in [2.24, 2.45) is 0 Å². The summed E-state index contributed by atoms with van der Waals surface area (Å²) in [6.07, 6.45) is 8.29. The molecule has 138 valence electrons. The second-order valence-corrected chi connectivity index (χ2v) is 8.73. The summed E-state index contributed by atoms with van der Waals surface area (Å²) in [6.45, 7) is 7.09. The Balaban J connectivity index is 3.13. The highest BCUT2D eigenvalue weighted by Gasteiger charge is 2.36. The van der Waals surface area contributed by atoms with Crippen molar-refractivity contribution in [2.45, 2.75) is 84.0 Å². The molecule has 0 amide bonds. The van der Waals surface area contributed by atoms with Gasteiger partial charge in [-0.2, -0.15) is 8.42 Å². The van der Waals surface area contributed by atoms with Crippen LogP contribution in [0, 0.1) is 0 Å². The fourth-order valence-electron chi connectivity index (χ4n) is 2.59. The SMILES string of the molecule is CCCCCc1cccc(CCCCC)c1OC(C)(C)S(=O)(=O)O. The predicted octanol–water partition coefficient (Wildman–Crippen LogP) is 5.15. The molecule has 1 aromatic carbocycles. The van der Waals surface area contributed by atoms with E-state index in [-0.39, 0.29) is 0 Å². The van der Waals surface area contributed by atoms with E-state index in [0.29, 0.717) is 5.75 Å². The summed E-state index contributed by atoms with van der Waals surface area (Å²) >= 11 is 0. The van der Waals surface area contributed by atoms with Crippen LogP contribution in [-0.2, 0) is 23.0 Å². The maximum absolute atomic E-state index is 11.6. The molecule has 0 aliphatic heterocycles. The van der Waals surface area contributed by atoms with E-state index < -0.39 is 15.1 Å². The fourth-order valence-corrected chi connectivity index (χ4v) is 2.78. The maximum atomic E-state index is 11.6. The lowest BCUT2D eigenvalue weighted by Gasteiger charge is -2.26. The Labute approximate surface area is 147 Å². The molecule has 0 atom stereocenters. The average Bonchev–Trinajstić information content (AvgIpc) is 2.49. The molecule has 0 radical (unpaired) electrons. The zero-order valence-corrected chi connectivity index (χ0v) is 16.3. The molecule has 5 heteroatoms. The second kappa shape index (κ2) is 9.42. The Hall–Kier alpha value is -1.07. The highest BCUT2D eigenvalue weighted by atomic mass is 32.2. The normalized spacial score (nSPS) is 12.4. The van der Waals surface area contributed by atoms with Gasteiger partial charge in [-0.05, 0) is 50.7 Å². The molecular formula is C19H32O4S. The van der Waals surface area contributed by atoms with Gasteiger partial charge >= 0.3 is 10.1 Å². The van der Waals surface area contributed by atoms with Gasteiger partial charge < -0.3 is 4.74 Å². The lowest BCUT2D eigenvalue weighted by molar-refractivity contribution is 0.175. The summed E-state index contributed by atoms with van der Waals surface area (Å²) in [4.78, 5) is -1.66. The number of hydrogen-bond acceptors (Lipinski definition) is 3. The first kappa shape index (κ1) is 21.0. The third-order valence-corrected chi connectivity index (χ3v) is 5.57. The van der Waals surface area contributed by atoms with Gasteiger partial charge in [-0.3, -0.25) is 4.55 Å². The first-order valence-corrected chi connectivity index (χ1v) is 10.4. The molecule has 0 bridgehead atoms. The van der Waals surface area contributed by atoms with Gasteiger partial charge in [-0.15, -0.1) is 0 Å². The lowest BCUT2D eigenvalue weighted by Crippen LogP contribution is -2.38. The molecule has 1 rings (SSSR count). The van der Waals surface area contributed by atoms with Gasteiger partial charge in [0.1, 0.15) is 5.75 Å². The van der Waals surface area contributed by atoms with Gasteiger partial charge in [0.05, 0.1) is 0 Å². The Morgan fingerprint density at radius 2 is 1.42 bits per heavy atom. The van der Waals surface area contributed by atoms with Gasteiger partial charge in [-0.25, -0.2) is 0 Å². The van der Waals surface area contributed by atoms with Crippen LogP contribution in [0.15, 0.2) is 18.2 Å². The van der Waals surface area contributed by atoms with Crippen molar-refractivity contribution in [1.82, 2.24) is 0 Å². The fraction of sp³-hybridized carbons (Fsp3) is 0.684. The molecule has 0 spiro atoms. The average molecular weight is 357 g/mol. The van der Waals surface area contributed by atoms with Crippen molar-refractivity contribution in [1.29, 1.82) is 0 Å². The van der Waals surface area contributed by atoms with Gasteiger partial charge in [0, 0.05) is 0 Å². The van der Waals surface area contributed by atoms with Crippen molar-refractivity contribution in [2.75, 3.05) is 0 Å². The summed E-state index contributed by atoms with van der Waals surface area (Å²) in [5, 5.41) is 0. The number of rotatable bonds is 11. The van der Waals surface area contributed by atoms with Crippen LogP contribution in [0.3, 0.4) is 0 Å². The molecule has 0 aromatic heterocycles. The summed E-state index contributed by atoms with van der Waals surface area (Å²) in [5.41, 5.74) is 2.04. The Kier molecular flexibility index (Phi) is 8.23. The predicted molar refractivity (Wildman–Crippen MR) is 99.2 cm³/mol. The van der Waals surface area contributed by atoms with Crippen molar-refractivity contribution in [3.8, 4) is 5.75 Å². The number of benzene rings is 1. The Morgan fingerprint density at radius 3 is 1.79 bits per heavy atom. The number of aryl methyl sites for hydroxylation is 2. The van der Waals surface area contributed by atoms with Crippen LogP contribution in [0.4, 0.5) is 0 Å². The molecule has 1 aromatic rings. The highest BCUT2D eigenvalue weighted by Crippen LogP contribution is 2.32. The Bertz CT molecular complexity index is 578. The van der Waals surface area contributed by atoms with Crippen molar-refractivity contribution in [3.05, 3.63) is 29.3 Å². The van der Waals surface area contributed by atoms with Crippen LogP contribution in [0.25, 0.3) is 0 Å². The molecule has 24 heavy (non-hydrogen) atoms. The molecule has 0 heterocycles. The van der Waals surface area contributed by atoms with E-state index in [9.17, 15) is 13.0 Å². The topological polar surface area (TPSA) is 63.6 Å². The molecule has 0 saturated carbocycles. The van der Waals surface area contributed by atoms with Crippen LogP contribution in [0.1, 0.15) is 77.3 Å². The van der Waals surface area contributed by atoms with E-state index in [0.717, 1.165) is 62.5 Å². The van der Waals surface area contributed by atoms with Gasteiger partial charge in [0.15, 0.2) is 0 Å². The maximum Gasteiger partial charge on any atom is 0.305 e. The minimum absolute atomic E-state index is 0.632. The number of para-hydroxylation sites is 1. The third-order valence-electron chi connectivity index (χ3n) is 4.25. The van der Waals surface area contributed by atoms with Crippen molar-refractivity contribution in [3.63, 3.8) is 0 Å². The van der Waals surface area contributed by atoms with Crippen LogP contribution >= 0.6 is 0 Å². The first-order valence-electron chi connectivity index (χ1n) is 8.99. The molecule has 0 aliphatic rings. The van der Waals surface area contributed by atoms with Gasteiger partial charge in [0.2, 0.25) is 4.93 Å². The summed E-state index contributed by atoms with van der Waals surface area (Å²) in [7, 11) is -4.31. The van der Waals surface area contributed by atoms with Gasteiger partial charge in [0.25, 0.3) is 0 Å². The smallest absolute Gasteiger partial charge is 0.305 e. The minimum atomic E-state index is -4.31. The van der Waals surface area contributed by atoms with E-state index in [1.807, 2.05) is 18.2 Å². The molecule has 0 unspecified atom stereocenters. The summed E-state index contributed by atoms with van der Waals surface area (Å²) in [6, 6.07) is 6.00. The van der Waals surface area contributed by atoms with E-state index >= 15 is 0 Å². The van der Waals surface area contributed by atoms with E-state index in [2.05, 4.69) is 13.8 Å². The quantitative estimate of drug-likeness (QED) is 0.440. The van der Waals surface area contributed by atoms with E-state index in [4.69, 9.17) is 4.74 Å². The Morgan fingerprint density at radius 1 is 0.958 bits per heavy atom. The number of hydrogen-bond donors (Lipinski definition) is 1. The van der Waals surface area contributed by atoms with Crippen LogP contribution in [0.5, 0.6) is 5.75 Å². The zero-order valence-electron chi connectivity index (χ0n) is 15.5. The van der Waals surface area contributed by atoms with Crippen LogP contribution in [0.2, 0.25) is 0 Å². The van der Waals surface area contributed by atoms with Gasteiger partial charge in [-0.1, -0.05) is 57.7 Å². The summed E-state index contributed by atoms with van der Waals surface area (Å²) in [5.74, 6) is 0.632. The second-order valence-electron chi connectivity index (χ2n) is 6.80. The van der Waals surface area contributed by atoms with Crippen LogP contribution < -0.4 is 4.74 Å². The monoisotopic (exact) mass is 356 g/mol. The zero-order chi connectivity index (χ0) is 18.2. The first-order chi connectivity index (χ1) is 11.2. The largest absolute Gasteiger partial charge is 0.469 e. The van der Waals surface area contributed by atoms with Crippen molar-refractivity contribution >= 4 is 10.1 Å². The van der Waals surface area contributed by atoms with Crippen molar-refractivity contribution < 1.29 is 17.7 Å². The van der Waals surface area contributed by atoms with Crippen LogP contribution in [-0.4, -0.2) is 17.9 Å². The van der Waals surface area contributed by atoms with E-state index in [1.54, 1.807) is 0 Å². The molecule has 0 aliphatic carbocycles. The third kappa shape index (κ3) is 6.10. The molecule has 1 N–H and O–H groups in total. The molecule has 0 saturated heterocycles.